The zero-order chi connectivity index (χ0) is 16.2. The van der Waals surface area contributed by atoms with E-state index < -0.39 is 11.4 Å². The molecule has 2 saturated carbocycles. The van der Waals surface area contributed by atoms with Gasteiger partial charge in [0.05, 0.1) is 5.41 Å². The van der Waals surface area contributed by atoms with Gasteiger partial charge in [0.2, 0.25) is 0 Å². The summed E-state index contributed by atoms with van der Waals surface area (Å²) in [7, 11) is 0. The molecule has 0 radical (unpaired) electrons. The number of aliphatic hydroxyl groups is 1. The van der Waals surface area contributed by atoms with Gasteiger partial charge in [0.25, 0.3) is 0 Å². The van der Waals surface area contributed by atoms with Crippen molar-refractivity contribution in [1.29, 1.82) is 0 Å². The minimum absolute atomic E-state index is 0.00512. The first-order valence-electron chi connectivity index (χ1n) is 8.83. The molecular formula is C19H30O3. The van der Waals surface area contributed by atoms with Gasteiger partial charge in [-0.3, -0.25) is 4.79 Å². The Balaban J connectivity index is 2.03. The van der Waals surface area contributed by atoms with Gasteiger partial charge < -0.3 is 10.2 Å². The lowest BCUT2D eigenvalue weighted by molar-refractivity contribution is -0.161. The van der Waals surface area contributed by atoms with E-state index in [9.17, 15) is 15.0 Å². The molecule has 3 nitrogen and oxygen atoms in total. The van der Waals surface area contributed by atoms with E-state index in [0.717, 1.165) is 44.9 Å². The summed E-state index contributed by atoms with van der Waals surface area (Å²) >= 11 is 0. The highest BCUT2D eigenvalue weighted by Gasteiger charge is 2.59. The SMILES string of the molecule is CC1(CO)CCC=C2C1CCC1C(C)(C(=O)O)CCCC21C. The van der Waals surface area contributed by atoms with Crippen LogP contribution in [-0.4, -0.2) is 22.8 Å². The summed E-state index contributed by atoms with van der Waals surface area (Å²) in [4.78, 5) is 12.0. The number of carboxylic acid groups (broad SMARTS) is 1. The Labute approximate surface area is 133 Å². The maximum atomic E-state index is 12.0. The zero-order valence-electron chi connectivity index (χ0n) is 14.2. The first-order valence-corrected chi connectivity index (χ1v) is 8.83. The van der Waals surface area contributed by atoms with E-state index in [1.54, 1.807) is 0 Å². The van der Waals surface area contributed by atoms with Crippen LogP contribution in [0, 0.1) is 28.1 Å². The van der Waals surface area contributed by atoms with Crippen molar-refractivity contribution in [3.05, 3.63) is 11.6 Å². The van der Waals surface area contributed by atoms with Crippen LogP contribution in [0.4, 0.5) is 0 Å². The molecule has 5 unspecified atom stereocenters. The highest BCUT2D eigenvalue weighted by atomic mass is 16.4. The topological polar surface area (TPSA) is 57.5 Å². The second-order valence-corrected chi connectivity index (χ2v) is 8.69. The van der Waals surface area contributed by atoms with E-state index in [-0.39, 0.29) is 23.4 Å². The number of rotatable bonds is 2. The van der Waals surface area contributed by atoms with Crippen molar-refractivity contribution in [3.63, 3.8) is 0 Å². The monoisotopic (exact) mass is 306 g/mol. The normalized spacial score (nSPS) is 48.1. The Hall–Kier alpha value is -0.830. The van der Waals surface area contributed by atoms with E-state index in [1.165, 1.54) is 5.57 Å². The summed E-state index contributed by atoms with van der Waals surface area (Å²) in [5.74, 6) is 0.0432. The van der Waals surface area contributed by atoms with Gasteiger partial charge in [-0.1, -0.05) is 31.9 Å². The molecule has 3 aliphatic rings. The Morgan fingerprint density at radius 2 is 1.95 bits per heavy atom. The van der Waals surface area contributed by atoms with Crippen molar-refractivity contribution in [2.24, 2.45) is 28.1 Å². The Morgan fingerprint density at radius 3 is 2.59 bits per heavy atom. The quantitative estimate of drug-likeness (QED) is 0.758. The molecular weight excluding hydrogens is 276 g/mol. The average molecular weight is 306 g/mol. The largest absolute Gasteiger partial charge is 0.481 e. The molecule has 3 rings (SSSR count). The molecule has 3 aliphatic carbocycles. The van der Waals surface area contributed by atoms with E-state index >= 15 is 0 Å². The van der Waals surface area contributed by atoms with Gasteiger partial charge in [0.1, 0.15) is 0 Å². The molecule has 0 amide bonds. The van der Waals surface area contributed by atoms with Gasteiger partial charge in [0.15, 0.2) is 0 Å². The highest BCUT2D eigenvalue weighted by molar-refractivity contribution is 5.75. The van der Waals surface area contributed by atoms with Crippen LogP contribution in [0.2, 0.25) is 0 Å². The molecule has 2 N–H and O–H groups in total. The van der Waals surface area contributed by atoms with E-state index in [4.69, 9.17) is 0 Å². The fourth-order valence-electron chi connectivity index (χ4n) is 6.02. The summed E-state index contributed by atoms with van der Waals surface area (Å²) in [5.41, 5.74) is 0.866. The van der Waals surface area contributed by atoms with Crippen LogP contribution < -0.4 is 0 Å². The molecule has 0 heterocycles. The van der Waals surface area contributed by atoms with Crippen molar-refractivity contribution < 1.29 is 15.0 Å². The highest BCUT2D eigenvalue weighted by Crippen LogP contribution is 2.64. The third-order valence-corrected chi connectivity index (χ3v) is 7.48. The predicted molar refractivity (Wildman–Crippen MR) is 86.4 cm³/mol. The number of carbonyl (C=O) groups is 1. The van der Waals surface area contributed by atoms with Crippen molar-refractivity contribution in [3.8, 4) is 0 Å². The molecule has 0 aliphatic heterocycles. The van der Waals surface area contributed by atoms with Crippen LogP contribution in [0.15, 0.2) is 11.6 Å². The summed E-state index contributed by atoms with van der Waals surface area (Å²) in [6.07, 6.45) is 9.38. The Bertz CT molecular complexity index is 511. The van der Waals surface area contributed by atoms with Crippen molar-refractivity contribution in [2.45, 2.75) is 65.7 Å². The van der Waals surface area contributed by atoms with E-state index in [1.807, 2.05) is 6.92 Å². The minimum atomic E-state index is -0.622. The van der Waals surface area contributed by atoms with Crippen LogP contribution in [0.5, 0.6) is 0 Å². The van der Waals surface area contributed by atoms with E-state index in [2.05, 4.69) is 19.9 Å². The van der Waals surface area contributed by atoms with E-state index in [0.29, 0.717) is 5.92 Å². The summed E-state index contributed by atoms with van der Waals surface area (Å²) < 4.78 is 0. The lowest BCUT2D eigenvalue weighted by Gasteiger charge is -2.59. The van der Waals surface area contributed by atoms with Gasteiger partial charge in [-0.15, -0.1) is 0 Å². The molecule has 0 bridgehead atoms. The first-order chi connectivity index (χ1) is 10.3. The average Bonchev–Trinajstić information content (AvgIpc) is 2.47. The Kier molecular flexibility index (Phi) is 3.71. The molecule has 5 atom stereocenters. The summed E-state index contributed by atoms with van der Waals surface area (Å²) in [5, 5.41) is 19.8. The van der Waals surface area contributed by atoms with Gasteiger partial charge in [-0.25, -0.2) is 0 Å². The van der Waals surface area contributed by atoms with Crippen LogP contribution >= 0.6 is 0 Å². The lowest BCUT2D eigenvalue weighted by Crippen LogP contribution is -2.54. The molecule has 22 heavy (non-hydrogen) atoms. The number of hydrogen-bond donors (Lipinski definition) is 2. The van der Waals surface area contributed by atoms with Crippen LogP contribution in [0.1, 0.15) is 65.7 Å². The standard InChI is InChI=1S/C19H30O3/c1-17(12-20)9-4-6-14-13(17)7-8-15-18(14,2)10-5-11-19(15,3)16(21)22/h6,13,15,20H,4-5,7-12H2,1-3H3,(H,21,22). The molecule has 0 aromatic carbocycles. The second kappa shape index (κ2) is 5.09. The maximum Gasteiger partial charge on any atom is 0.309 e. The first kappa shape index (κ1) is 16.0. The minimum Gasteiger partial charge on any atom is -0.481 e. The molecule has 0 aromatic heterocycles. The van der Waals surface area contributed by atoms with Gasteiger partial charge >= 0.3 is 5.97 Å². The molecule has 0 spiro atoms. The fourth-order valence-corrected chi connectivity index (χ4v) is 6.02. The van der Waals surface area contributed by atoms with Crippen molar-refractivity contribution >= 4 is 5.97 Å². The van der Waals surface area contributed by atoms with Gasteiger partial charge in [-0.05, 0) is 68.1 Å². The third-order valence-electron chi connectivity index (χ3n) is 7.48. The molecule has 2 fully saturated rings. The maximum absolute atomic E-state index is 12.0. The Morgan fingerprint density at radius 1 is 1.23 bits per heavy atom. The van der Waals surface area contributed by atoms with Crippen LogP contribution in [0.3, 0.4) is 0 Å². The zero-order valence-corrected chi connectivity index (χ0v) is 14.2. The number of hydrogen-bond acceptors (Lipinski definition) is 2. The number of allylic oxidation sites excluding steroid dienone is 2. The number of fused-ring (bicyclic) bond motifs is 3. The number of aliphatic hydroxyl groups excluding tert-OH is 1. The summed E-state index contributed by atoms with van der Waals surface area (Å²) in [6.45, 7) is 6.73. The summed E-state index contributed by atoms with van der Waals surface area (Å²) in [6, 6.07) is 0. The van der Waals surface area contributed by atoms with Gasteiger partial charge in [-0.2, -0.15) is 0 Å². The van der Waals surface area contributed by atoms with Gasteiger partial charge in [0, 0.05) is 6.61 Å². The predicted octanol–water partition coefficient (Wildman–Crippen LogP) is 4.01. The van der Waals surface area contributed by atoms with Crippen LogP contribution in [0.25, 0.3) is 0 Å². The third kappa shape index (κ3) is 2.01. The lowest BCUT2D eigenvalue weighted by atomic mass is 9.44. The molecule has 124 valence electrons. The second-order valence-electron chi connectivity index (χ2n) is 8.69. The van der Waals surface area contributed by atoms with Crippen molar-refractivity contribution in [2.75, 3.05) is 6.61 Å². The fraction of sp³-hybridized carbons (Fsp3) is 0.842. The molecule has 3 heteroatoms. The molecule has 0 aromatic rings. The number of carboxylic acids is 1. The molecule has 0 saturated heterocycles. The smallest absolute Gasteiger partial charge is 0.309 e. The van der Waals surface area contributed by atoms with Crippen molar-refractivity contribution in [1.82, 2.24) is 0 Å². The number of aliphatic carboxylic acids is 1. The van der Waals surface area contributed by atoms with Crippen LogP contribution in [-0.2, 0) is 4.79 Å².